The summed E-state index contributed by atoms with van der Waals surface area (Å²) in [5.74, 6) is -0.446. The van der Waals surface area contributed by atoms with Crippen LogP contribution in [0.2, 0.25) is 0 Å². The van der Waals surface area contributed by atoms with Crippen molar-refractivity contribution in [1.29, 1.82) is 0 Å². The number of benzene rings is 2. The fourth-order valence-corrected chi connectivity index (χ4v) is 3.24. The summed E-state index contributed by atoms with van der Waals surface area (Å²) in [4.78, 5) is 30.1. The van der Waals surface area contributed by atoms with Gasteiger partial charge in [-0.2, -0.15) is 0 Å². The number of H-pyrrole nitrogens is 1. The van der Waals surface area contributed by atoms with Gasteiger partial charge in [0.25, 0.3) is 0 Å². The maximum atomic E-state index is 11.7. The van der Waals surface area contributed by atoms with E-state index in [4.69, 9.17) is 5.73 Å². The van der Waals surface area contributed by atoms with Gasteiger partial charge in [0.2, 0.25) is 11.5 Å². The number of carbonyl (C=O) groups is 1. The first-order valence-electron chi connectivity index (χ1n) is 8.77. The highest BCUT2D eigenvalue weighted by Gasteiger charge is 2.08. The number of amides is 1. The Morgan fingerprint density at radius 1 is 1.04 bits per heavy atom. The van der Waals surface area contributed by atoms with E-state index in [-0.39, 0.29) is 5.56 Å². The third-order valence-electron chi connectivity index (χ3n) is 4.58. The van der Waals surface area contributed by atoms with Gasteiger partial charge in [0.05, 0.1) is 5.69 Å². The Bertz CT molecular complexity index is 1240. The molecule has 4 aromatic rings. The van der Waals surface area contributed by atoms with Gasteiger partial charge in [0.15, 0.2) is 0 Å². The Kier molecular flexibility index (Phi) is 4.37. The molecule has 0 aliphatic rings. The molecule has 0 saturated heterocycles. The van der Waals surface area contributed by atoms with Gasteiger partial charge in [0.1, 0.15) is 5.65 Å². The molecule has 0 unspecified atom stereocenters. The van der Waals surface area contributed by atoms with Gasteiger partial charge in [-0.3, -0.25) is 9.59 Å². The number of carbonyl (C=O) groups excluding carboxylic acids is 1. The minimum atomic E-state index is -0.446. The van der Waals surface area contributed by atoms with Crippen molar-refractivity contribution in [1.82, 2.24) is 9.97 Å². The van der Waals surface area contributed by atoms with E-state index in [1.807, 2.05) is 49.4 Å². The normalized spacial score (nSPS) is 10.8. The van der Waals surface area contributed by atoms with E-state index in [0.717, 1.165) is 33.5 Å². The molecule has 6 nitrogen and oxygen atoms in total. The lowest BCUT2D eigenvalue weighted by molar-refractivity contribution is 0.100. The molecule has 1 amide bonds. The van der Waals surface area contributed by atoms with Crippen LogP contribution in [0.3, 0.4) is 0 Å². The van der Waals surface area contributed by atoms with E-state index in [9.17, 15) is 9.59 Å². The lowest BCUT2D eigenvalue weighted by atomic mass is 10.0. The summed E-state index contributed by atoms with van der Waals surface area (Å²) in [6, 6.07) is 18.5. The molecule has 28 heavy (non-hydrogen) atoms. The molecule has 0 radical (unpaired) electrons. The molecule has 0 aliphatic heterocycles. The second-order valence-corrected chi connectivity index (χ2v) is 6.55. The van der Waals surface area contributed by atoms with Crippen LogP contribution in [0, 0.1) is 6.92 Å². The summed E-state index contributed by atoms with van der Waals surface area (Å²) in [7, 11) is 0. The SMILES string of the molecule is Cc1cc(=O)[nH]c2nccc(Nc3ccc(-c4cccc(C(N)=O)c4)cc3)c12. The number of aromatic nitrogens is 2. The molecule has 0 fully saturated rings. The molecular weight excluding hydrogens is 352 g/mol. The monoisotopic (exact) mass is 370 g/mol. The zero-order valence-corrected chi connectivity index (χ0v) is 15.2. The highest BCUT2D eigenvalue weighted by atomic mass is 16.1. The smallest absolute Gasteiger partial charge is 0.249 e. The number of aryl methyl sites for hydroxylation is 1. The number of nitrogens with two attached hydrogens (primary N) is 1. The van der Waals surface area contributed by atoms with Crippen LogP contribution in [0.15, 0.2) is 71.7 Å². The summed E-state index contributed by atoms with van der Waals surface area (Å²) in [6.07, 6.45) is 1.66. The average molecular weight is 370 g/mol. The molecule has 138 valence electrons. The Hall–Kier alpha value is -3.93. The molecule has 6 heteroatoms. The van der Waals surface area contributed by atoms with Crippen LogP contribution in [0.1, 0.15) is 15.9 Å². The Morgan fingerprint density at radius 3 is 2.57 bits per heavy atom. The second-order valence-electron chi connectivity index (χ2n) is 6.55. The van der Waals surface area contributed by atoms with Crippen LogP contribution < -0.4 is 16.6 Å². The number of hydrogen-bond donors (Lipinski definition) is 3. The van der Waals surface area contributed by atoms with E-state index in [1.165, 1.54) is 0 Å². The molecule has 2 aromatic carbocycles. The van der Waals surface area contributed by atoms with E-state index < -0.39 is 5.91 Å². The number of rotatable bonds is 4. The molecule has 0 aliphatic carbocycles. The number of fused-ring (bicyclic) bond motifs is 1. The number of nitrogens with one attached hydrogen (secondary N) is 2. The highest BCUT2D eigenvalue weighted by Crippen LogP contribution is 2.28. The Balaban J connectivity index is 1.66. The molecule has 0 spiro atoms. The zero-order valence-electron chi connectivity index (χ0n) is 15.2. The number of anilines is 2. The van der Waals surface area contributed by atoms with Crippen molar-refractivity contribution in [3.05, 3.63) is 88.3 Å². The fraction of sp³-hybridized carbons (Fsp3) is 0.0455. The Morgan fingerprint density at radius 2 is 1.82 bits per heavy atom. The first-order chi connectivity index (χ1) is 13.5. The summed E-state index contributed by atoms with van der Waals surface area (Å²) >= 11 is 0. The molecule has 2 heterocycles. The predicted molar refractivity (Wildman–Crippen MR) is 111 cm³/mol. The second kappa shape index (κ2) is 7.00. The summed E-state index contributed by atoms with van der Waals surface area (Å²) in [5.41, 5.74) is 10.7. The van der Waals surface area contributed by atoms with Crippen molar-refractivity contribution in [2.75, 3.05) is 5.32 Å². The summed E-state index contributed by atoms with van der Waals surface area (Å²) < 4.78 is 0. The highest BCUT2D eigenvalue weighted by molar-refractivity contribution is 5.94. The van der Waals surface area contributed by atoms with E-state index in [0.29, 0.717) is 11.2 Å². The van der Waals surface area contributed by atoms with Gasteiger partial charge in [-0.1, -0.05) is 24.3 Å². The molecular formula is C22H18N4O2. The number of primary amides is 1. The molecule has 0 saturated carbocycles. The predicted octanol–water partition coefficient (Wildman–Crippen LogP) is 3.74. The first-order valence-corrected chi connectivity index (χ1v) is 8.77. The van der Waals surface area contributed by atoms with Crippen molar-refractivity contribution in [2.45, 2.75) is 6.92 Å². The van der Waals surface area contributed by atoms with Crippen LogP contribution in [-0.2, 0) is 0 Å². The van der Waals surface area contributed by atoms with Crippen LogP contribution in [0.4, 0.5) is 11.4 Å². The standard InChI is InChI=1S/C22H18N4O2/c1-13-11-19(27)26-22-20(13)18(9-10-24-22)25-17-7-5-14(6-8-17)15-3-2-4-16(12-15)21(23)28/h2-12H,1H3,(H2,23,28)(H2,24,25,26,27). The molecule has 4 N–H and O–H groups in total. The zero-order chi connectivity index (χ0) is 19.7. The molecule has 2 aromatic heterocycles. The average Bonchev–Trinajstić information content (AvgIpc) is 2.68. The maximum absolute atomic E-state index is 11.7. The summed E-state index contributed by atoms with van der Waals surface area (Å²) in [6.45, 7) is 1.89. The molecule has 4 rings (SSSR count). The van der Waals surface area contributed by atoms with Gasteiger partial charge >= 0.3 is 0 Å². The number of pyridine rings is 2. The topological polar surface area (TPSA) is 101 Å². The van der Waals surface area contributed by atoms with Crippen molar-refractivity contribution in [3.8, 4) is 11.1 Å². The quantitative estimate of drug-likeness (QED) is 0.509. The minimum absolute atomic E-state index is 0.169. The van der Waals surface area contributed by atoms with Gasteiger partial charge in [-0.25, -0.2) is 4.98 Å². The van der Waals surface area contributed by atoms with Gasteiger partial charge in [-0.15, -0.1) is 0 Å². The number of aromatic amines is 1. The van der Waals surface area contributed by atoms with Crippen LogP contribution in [0.5, 0.6) is 0 Å². The van der Waals surface area contributed by atoms with Crippen molar-refractivity contribution in [2.24, 2.45) is 5.73 Å². The fourth-order valence-electron chi connectivity index (χ4n) is 3.24. The van der Waals surface area contributed by atoms with Crippen LogP contribution in [0.25, 0.3) is 22.2 Å². The molecule has 0 bridgehead atoms. The largest absolute Gasteiger partial charge is 0.366 e. The van der Waals surface area contributed by atoms with Crippen LogP contribution >= 0.6 is 0 Å². The number of hydrogen-bond acceptors (Lipinski definition) is 4. The lowest BCUT2D eigenvalue weighted by Gasteiger charge is -2.12. The number of nitrogens with zero attached hydrogens (tertiary/aromatic N) is 1. The third-order valence-corrected chi connectivity index (χ3v) is 4.58. The van der Waals surface area contributed by atoms with Crippen molar-refractivity contribution in [3.63, 3.8) is 0 Å². The maximum Gasteiger partial charge on any atom is 0.249 e. The lowest BCUT2D eigenvalue weighted by Crippen LogP contribution is -2.10. The van der Waals surface area contributed by atoms with E-state index in [2.05, 4.69) is 15.3 Å². The summed E-state index contributed by atoms with van der Waals surface area (Å²) in [5, 5.41) is 4.25. The molecule has 0 atom stereocenters. The van der Waals surface area contributed by atoms with Crippen molar-refractivity contribution < 1.29 is 4.79 Å². The van der Waals surface area contributed by atoms with Gasteiger partial charge in [-0.05, 0) is 53.9 Å². The minimum Gasteiger partial charge on any atom is -0.366 e. The van der Waals surface area contributed by atoms with Gasteiger partial charge in [0, 0.05) is 28.9 Å². The van der Waals surface area contributed by atoms with Crippen molar-refractivity contribution >= 4 is 28.3 Å². The third kappa shape index (κ3) is 3.35. The Labute approximate surface area is 161 Å². The van der Waals surface area contributed by atoms with E-state index >= 15 is 0 Å². The first kappa shape index (κ1) is 17.5. The van der Waals surface area contributed by atoms with E-state index in [1.54, 1.807) is 24.4 Å². The van der Waals surface area contributed by atoms with Gasteiger partial charge < -0.3 is 16.0 Å². The van der Waals surface area contributed by atoms with Crippen LogP contribution in [-0.4, -0.2) is 15.9 Å².